The zero-order valence-electron chi connectivity index (χ0n) is 10.6. The van der Waals surface area contributed by atoms with E-state index >= 15 is 0 Å². The van der Waals surface area contributed by atoms with Gasteiger partial charge in [-0.3, -0.25) is 0 Å². The van der Waals surface area contributed by atoms with Crippen LogP contribution in [0.4, 0.5) is 5.69 Å². The van der Waals surface area contributed by atoms with Gasteiger partial charge in [-0.15, -0.1) is 11.6 Å². The Morgan fingerprint density at radius 3 is 3.00 bits per heavy atom. The number of methoxy groups -OCH3 is 1. The van der Waals surface area contributed by atoms with Crippen LogP contribution in [0.1, 0.15) is 5.56 Å². The van der Waals surface area contributed by atoms with Crippen molar-refractivity contribution >= 4 is 23.1 Å². The predicted molar refractivity (Wildman–Crippen MR) is 76.3 cm³/mol. The summed E-state index contributed by atoms with van der Waals surface area (Å²) in [4.78, 5) is 8.26. The summed E-state index contributed by atoms with van der Waals surface area (Å²) < 4.78 is 7.23. The highest BCUT2D eigenvalue weighted by Crippen LogP contribution is 2.28. The highest BCUT2D eigenvalue weighted by atomic mass is 35.5. The zero-order valence-corrected chi connectivity index (χ0v) is 11.3. The molecule has 0 aliphatic heterocycles. The molecule has 0 unspecified atom stereocenters. The molecule has 0 saturated carbocycles. The molecule has 5 nitrogen and oxygen atoms in total. The third-order valence-electron chi connectivity index (χ3n) is 2.57. The Kier molecular flexibility index (Phi) is 4.41. The van der Waals surface area contributed by atoms with Crippen molar-refractivity contribution in [2.45, 2.75) is 6.54 Å². The van der Waals surface area contributed by atoms with Gasteiger partial charge in [-0.1, -0.05) is 6.07 Å². The molecule has 0 atom stereocenters. The lowest BCUT2D eigenvalue weighted by Crippen LogP contribution is -2.12. The van der Waals surface area contributed by atoms with Crippen molar-refractivity contribution in [1.82, 2.24) is 9.55 Å². The Labute approximate surface area is 116 Å². The lowest BCUT2D eigenvalue weighted by Gasteiger charge is -2.08. The van der Waals surface area contributed by atoms with Crippen LogP contribution in [0, 0.1) is 0 Å². The molecule has 1 aromatic heterocycles. The van der Waals surface area contributed by atoms with Gasteiger partial charge < -0.3 is 15.0 Å². The molecule has 1 heterocycles. The monoisotopic (exact) mass is 278 g/mol. The fraction of sp³-hybridized carbons (Fsp3) is 0.231. The van der Waals surface area contributed by atoms with Crippen LogP contribution in [0.5, 0.6) is 5.75 Å². The highest BCUT2D eigenvalue weighted by molar-refractivity contribution is 6.28. The standard InChI is InChI=1S/C13H15ClN4O/c1-19-12-3-2-10(8-18-5-4-16-9-18)6-11(12)17-13(15)7-14/h2-6,9H,7-8H2,1H3,(H2,15,17). The van der Waals surface area contributed by atoms with Gasteiger partial charge in [0, 0.05) is 18.9 Å². The number of amidine groups is 1. The van der Waals surface area contributed by atoms with Crippen LogP contribution in [-0.2, 0) is 6.54 Å². The van der Waals surface area contributed by atoms with E-state index in [1.807, 2.05) is 29.0 Å². The molecular formula is C13H15ClN4O. The summed E-state index contributed by atoms with van der Waals surface area (Å²) in [5, 5.41) is 0. The summed E-state index contributed by atoms with van der Waals surface area (Å²) in [6.45, 7) is 0.716. The number of nitrogens with two attached hydrogens (primary N) is 1. The van der Waals surface area contributed by atoms with Crippen molar-refractivity contribution in [2.24, 2.45) is 10.7 Å². The number of benzene rings is 1. The quantitative estimate of drug-likeness (QED) is 0.518. The van der Waals surface area contributed by atoms with Crippen molar-refractivity contribution < 1.29 is 4.74 Å². The molecule has 2 rings (SSSR count). The molecule has 0 spiro atoms. The summed E-state index contributed by atoms with van der Waals surface area (Å²) in [5.41, 5.74) is 7.42. The topological polar surface area (TPSA) is 65.4 Å². The smallest absolute Gasteiger partial charge is 0.144 e. The summed E-state index contributed by atoms with van der Waals surface area (Å²) >= 11 is 5.64. The van der Waals surface area contributed by atoms with Gasteiger partial charge in [0.2, 0.25) is 0 Å². The lowest BCUT2D eigenvalue weighted by atomic mass is 10.2. The van der Waals surface area contributed by atoms with Gasteiger partial charge in [0.25, 0.3) is 0 Å². The summed E-state index contributed by atoms with van der Waals surface area (Å²) in [6, 6.07) is 5.78. The number of aromatic nitrogens is 2. The van der Waals surface area contributed by atoms with Crippen LogP contribution in [0.3, 0.4) is 0 Å². The number of halogens is 1. The van der Waals surface area contributed by atoms with Gasteiger partial charge in [-0.2, -0.15) is 0 Å². The van der Waals surface area contributed by atoms with Crippen LogP contribution in [0.25, 0.3) is 0 Å². The Bertz CT molecular complexity index is 566. The maximum Gasteiger partial charge on any atom is 0.144 e. The normalized spacial score (nSPS) is 11.6. The molecule has 0 aliphatic rings. The average molecular weight is 279 g/mol. The first-order valence-corrected chi connectivity index (χ1v) is 6.28. The van der Waals surface area contributed by atoms with Gasteiger partial charge in [-0.25, -0.2) is 9.98 Å². The molecule has 6 heteroatoms. The molecule has 2 N–H and O–H groups in total. The van der Waals surface area contributed by atoms with Crippen molar-refractivity contribution in [1.29, 1.82) is 0 Å². The first-order chi connectivity index (χ1) is 9.22. The van der Waals surface area contributed by atoms with E-state index in [1.54, 1.807) is 19.6 Å². The van der Waals surface area contributed by atoms with Crippen molar-refractivity contribution in [2.75, 3.05) is 13.0 Å². The minimum absolute atomic E-state index is 0.189. The maximum atomic E-state index is 5.66. The number of hydrogen-bond acceptors (Lipinski definition) is 3. The minimum atomic E-state index is 0.189. The van der Waals surface area contributed by atoms with E-state index in [4.69, 9.17) is 22.1 Å². The van der Waals surface area contributed by atoms with Crippen LogP contribution >= 0.6 is 11.6 Å². The SMILES string of the molecule is COc1ccc(Cn2ccnc2)cc1N=C(N)CCl. The molecule has 0 fully saturated rings. The third-order valence-corrected chi connectivity index (χ3v) is 2.84. The van der Waals surface area contributed by atoms with Crippen molar-refractivity contribution in [3.05, 3.63) is 42.5 Å². The number of hydrogen-bond donors (Lipinski definition) is 1. The molecule has 100 valence electrons. The van der Waals surface area contributed by atoms with Crippen LogP contribution in [0.2, 0.25) is 0 Å². The van der Waals surface area contributed by atoms with E-state index < -0.39 is 0 Å². The number of imidazole rings is 1. The summed E-state index contributed by atoms with van der Waals surface area (Å²) in [5.74, 6) is 1.22. The molecule has 0 radical (unpaired) electrons. The van der Waals surface area contributed by atoms with Crippen LogP contribution in [0.15, 0.2) is 41.9 Å². The Hall–Kier alpha value is -2.01. The molecular weight excluding hydrogens is 264 g/mol. The van der Waals surface area contributed by atoms with Gasteiger partial charge in [-0.05, 0) is 17.7 Å². The summed E-state index contributed by atoms with van der Waals surface area (Å²) in [7, 11) is 1.60. The van der Waals surface area contributed by atoms with E-state index in [0.717, 1.165) is 5.56 Å². The third kappa shape index (κ3) is 3.48. The van der Waals surface area contributed by atoms with E-state index in [1.165, 1.54) is 0 Å². The van der Waals surface area contributed by atoms with Crippen molar-refractivity contribution in [3.63, 3.8) is 0 Å². The molecule has 1 aromatic carbocycles. The first-order valence-electron chi connectivity index (χ1n) is 5.74. The fourth-order valence-corrected chi connectivity index (χ4v) is 1.76. The minimum Gasteiger partial charge on any atom is -0.494 e. The summed E-state index contributed by atoms with van der Waals surface area (Å²) in [6.07, 6.45) is 5.41. The van der Waals surface area contributed by atoms with E-state index in [-0.39, 0.29) is 5.88 Å². The van der Waals surface area contributed by atoms with Crippen LogP contribution in [-0.4, -0.2) is 28.4 Å². The second-order valence-electron chi connectivity index (χ2n) is 3.98. The molecule has 2 aromatic rings. The van der Waals surface area contributed by atoms with E-state index in [2.05, 4.69) is 9.98 Å². The van der Waals surface area contributed by atoms with Gasteiger partial charge in [0.05, 0.1) is 19.3 Å². The Morgan fingerprint density at radius 2 is 2.37 bits per heavy atom. The van der Waals surface area contributed by atoms with Gasteiger partial charge in [0.15, 0.2) is 0 Å². The second kappa shape index (κ2) is 6.24. The van der Waals surface area contributed by atoms with E-state index in [9.17, 15) is 0 Å². The Balaban J connectivity index is 2.30. The fourth-order valence-electron chi connectivity index (χ4n) is 1.70. The largest absolute Gasteiger partial charge is 0.494 e. The van der Waals surface area contributed by atoms with Gasteiger partial charge in [0.1, 0.15) is 17.3 Å². The molecule has 0 saturated heterocycles. The molecule has 0 aliphatic carbocycles. The number of ether oxygens (including phenoxy) is 1. The average Bonchev–Trinajstić information content (AvgIpc) is 2.92. The molecule has 19 heavy (non-hydrogen) atoms. The number of nitrogens with zero attached hydrogens (tertiary/aromatic N) is 3. The maximum absolute atomic E-state index is 5.66. The Morgan fingerprint density at radius 1 is 1.53 bits per heavy atom. The van der Waals surface area contributed by atoms with Gasteiger partial charge >= 0.3 is 0 Å². The second-order valence-corrected chi connectivity index (χ2v) is 4.25. The van der Waals surface area contributed by atoms with Crippen LogP contribution < -0.4 is 10.5 Å². The molecule has 0 bridgehead atoms. The number of aliphatic imine (C=N–C) groups is 1. The predicted octanol–water partition coefficient (Wildman–Crippen LogP) is 2.17. The highest BCUT2D eigenvalue weighted by Gasteiger charge is 2.05. The lowest BCUT2D eigenvalue weighted by molar-refractivity contribution is 0.416. The number of rotatable bonds is 5. The van der Waals surface area contributed by atoms with Crippen molar-refractivity contribution in [3.8, 4) is 5.75 Å². The first kappa shape index (κ1) is 13.4. The zero-order chi connectivity index (χ0) is 13.7. The van der Waals surface area contributed by atoms with E-state index in [0.29, 0.717) is 23.8 Å². The number of alkyl halides is 1. The molecule has 0 amide bonds.